The minimum absolute atomic E-state index is 0.0386. The summed E-state index contributed by atoms with van der Waals surface area (Å²) < 4.78 is 11.2. The Labute approximate surface area is 140 Å². The van der Waals surface area contributed by atoms with Crippen LogP contribution in [0.5, 0.6) is 11.5 Å². The summed E-state index contributed by atoms with van der Waals surface area (Å²) in [7, 11) is 1.54. The molecule has 1 aromatic rings. The topological polar surface area (TPSA) is 67.9 Å². The fourth-order valence-corrected chi connectivity index (χ4v) is 2.38. The number of hydrogen-bond acceptors (Lipinski definition) is 4. The second-order valence-electron chi connectivity index (χ2n) is 5.13. The average molecular weight is 339 g/mol. The van der Waals surface area contributed by atoms with Crippen LogP contribution < -0.4 is 14.8 Å². The summed E-state index contributed by atoms with van der Waals surface area (Å²) in [5.74, 6) is 0.540. The summed E-state index contributed by atoms with van der Waals surface area (Å²) in [6, 6.07) is 3.53. The maximum absolute atomic E-state index is 11.8. The van der Waals surface area contributed by atoms with Crippen molar-refractivity contribution in [1.29, 1.82) is 0 Å². The van der Waals surface area contributed by atoms with E-state index in [0.717, 1.165) is 18.1 Å². The van der Waals surface area contributed by atoms with E-state index in [0.29, 0.717) is 29.7 Å². The molecule has 6 nitrogen and oxygen atoms in total. The Morgan fingerprint density at radius 1 is 1.39 bits per heavy atom. The number of nitrogens with one attached hydrogen (secondary N) is 1. The molecule has 1 aliphatic heterocycles. The number of halogens is 1. The second kappa shape index (κ2) is 7.87. The molecule has 0 unspecified atom stereocenters. The molecule has 124 valence electrons. The van der Waals surface area contributed by atoms with E-state index in [1.807, 2.05) is 0 Å². The zero-order chi connectivity index (χ0) is 16.8. The van der Waals surface area contributed by atoms with Crippen molar-refractivity contribution >= 4 is 23.4 Å². The minimum Gasteiger partial charge on any atom is -0.489 e. The molecule has 1 aliphatic rings. The molecule has 0 aromatic heterocycles. The summed E-state index contributed by atoms with van der Waals surface area (Å²) in [4.78, 5) is 24.5. The summed E-state index contributed by atoms with van der Waals surface area (Å²) in [5, 5.41) is 3.19. The molecule has 0 atom stereocenters. The van der Waals surface area contributed by atoms with Gasteiger partial charge in [-0.05, 0) is 23.8 Å². The van der Waals surface area contributed by atoms with Crippen LogP contribution in [0.4, 0.5) is 0 Å². The van der Waals surface area contributed by atoms with Gasteiger partial charge in [0.2, 0.25) is 11.8 Å². The van der Waals surface area contributed by atoms with Crippen molar-refractivity contribution in [2.45, 2.75) is 13.0 Å². The first-order chi connectivity index (χ1) is 11.0. The van der Waals surface area contributed by atoms with E-state index >= 15 is 0 Å². The van der Waals surface area contributed by atoms with Crippen molar-refractivity contribution in [2.24, 2.45) is 0 Å². The van der Waals surface area contributed by atoms with Gasteiger partial charge in [0.1, 0.15) is 0 Å². The Kier molecular flexibility index (Phi) is 5.87. The lowest BCUT2D eigenvalue weighted by Crippen LogP contribution is -2.37. The van der Waals surface area contributed by atoms with Gasteiger partial charge in [-0.25, -0.2) is 0 Å². The first kappa shape index (κ1) is 17.1. The van der Waals surface area contributed by atoms with Gasteiger partial charge in [-0.2, -0.15) is 0 Å². The minimum atomic E-state index is -0.307. The van der Waals surface area contributed by atoms with Gasteiger partial charge in [-0.3, -0.25) is 9.59 Å². The summed E-state index contributed by atoms with van der Waals surface area (Å²) in [6.07, 6.45) is 1.96. The van der Waals surface area contributed by atoms with E-state index in [1.165, 1.54) is 11.9 Å². The maximum atomic E-state index is 11.8. The van der Waals surface area contributed by atoms with Crippen molar-refractivity contribution in [1.82, 2.24) is 10.2 Å². The molecule has 0 saturated carbocycles. The molecule has 7 heteroatoms. The molecule has 0 radical (unpaired) electrons. The third-order valence-corrected chi connectivity index (χ3v) is 3.56. The lowest BCUT2D eigenvalue weighted by Gasteiger charge is -2.15. The molecule has 0 spiro atoms. The molecule has 2 rings (SSSR count). The average Bonchev–Trinajstić information content (AvgIpc) is 2.77. The summed E-state index contributed by atoms with van der Waals surface area (Å²) >= 11 is 6.20. The molecular formula is C16H19ClN2O4. The first-order valence-corrected chi connectivity index (χ1v) is 7.61. The molecule has 0 saturated heterocycles. The van der Waals surface area contributed by atoms with Crippen LogP contribution in [0.2, 0.25) is 5.02 Å². The molecular weight excluding hydrogens is 320 g/mol. The molecule has 23 heavy (non-hydrogen) atoms. The first-order valence-electron chi connectivity index (χ1n) is 7.23. The third kappa shape index (κ3) is 4.63. The number of carbonyl (C=O) groups is 2. The van der Waals surface area contributed by atoms with Gasteiger partial charge < -0.3 is 19.7 Å². The highest BCUT2D eigenvalue weighted by atomic mass is 35.5. The number of likely N-dealkylation sites (N-methyl/N-ethyl adjacent to an activating group) is 1. The number of amides is 2. The molecule has 1 heterocycles. The Bertz CT molecular complexity index is 618. The number of ether oxygens (including phenoxy) is 2. The van der Waals surface area contributed by atoms with Crippen LogP contribution in [0.15, 0.2) is 24.8 Å². The van der Waals surface area contributed by atoms with E-state index in [4.69, 9.17) is 21.1 Å². The fraction of sp³-hybridized carbons (Fsp3) is 0.375. The fourth-order valence-electron chi connectivity index (χ4n) is 2.09. The Morgan fingerprint density at radius 3 is 2.87 bits per heavy atom. The Hall–Kier alpha value is -2.21. The van der Waals surface area contributed by atoms with E-state index in [-0.39, 0.29) is 24.9 Å². The molecule has 1 N–H and O–H groups in total. The number of benzene rings is 1. The van der Waals surface area contributed by atoms with Gasteiger partial charge in [0.25, 0.3) is 0 Å². The zero-order valence-electron chi connectivity index (χ0n) is 12.9. The van der Waals surface area contributed by atoms with Crippen molar-refractivity contribution in [2.75, 3.05) is 26.8 Å². The number of hydrogen-bond donors (Lipinski definition) is 1. The summed E-state index contributed by atoms with van der Waals surface area (Å²) in [6.45, 7) is 4.75. The Balaban J connectivity index is 1.97. The molecule has 0 bridgehead atoms. The van der Waals surface area contributed by atoms with Crippen molar-refractivity contribution in [3.05, 3.63) is 35.4 Å². The van der Waals surface area contributed by atoms with E-state index < -0.39 is 0 Å². The highest BCUT2D eigenvalue weighted by Crippen LogP contribution is 2.37. The normalized spacial score (nSPS) is 13.0. The van der Waals surface area contributed by atoms with Gasteiger partial charge >= 0.3 is 0 Å². The highest BCUT2D eigenvalue weighted by molar-refractivity contribution is 6.32. The second-order valence-corrected chi connectivity index (χ2v) is 5.54. The quantitative estimate of drug-likeness (QED) is 0.831. The van der Waals surface area contributed by atoms with Crippen molar-refractivity contribution in [3.8, 4) is 11.5 Å². The van der Waals surface area contributed by atoms with Crippen molar-refractivity contribution in [3.63, 3.8) is 0 Å². The highest BCUT2D eigenvalue weighted by Gasteiger charge is 2.16. The SMILES string of the molecule is C=CC(=O)N(C)CC(=O)NCc1cc(Cl)c2c(c1)OCCCO2. The van der Waals surface area contributed by atoms with Crippen molar-refractivity contribution < 1.29 is 19.1 Å². The van der Waals surface area contributed by atoms with E-state index in [1.54, 1.807) is 12.1 Å². The van der Waals surface area contributed by atoms with Crippen LogP contribution in [0.1, 0.15) is 12.0 Å². The van der Waals surface area contributed by atoms with E-state index in [9.17, 15) is 9.59 Å². The van der Waals surface area contributed by atoms with Crippen LogP contribution in [-0.2, 0) is 16.1 Å². The lowest BCUT2D eigenvalue weighted by atomic mass is 10.2. The lowest BCUT2D eigenvalue weighted by molar-refractivity contribution is -0.131. The smallest absolute Gasteiger partial charge is 0.246 e. The number of nitrogens with zero attached hydrogens (tertiary/aromatic N) is 1. The number of fused-ring (bicyclic) bond motifs is 1. The largest absolute Gasteiger partial charge is 0.489 e. The maximum Gasteiger partial charge on any atom is 0.246 e. The standard InChI is InChI=1S/C16H19ClN2O4/c1-3-15(21)19(2)10-14(20)18-9-11-7-12(17)16-13(8-11)22-5-4-6-23-16/h3,7-8H,1,4-6,9-10H2,2H3,(H,18,20). The monoisotopic (exact) mass is 338 g/mol. The Morgan fingerprint density at radius 2 is 2.13 bits per heavy atom. The van der Waals surface area contributed by atoms with Gasteiger partial charge in [0, 0.05) is 20.0 Å². The van der Waals surface area contributed by atoms with Gasteiger partial charge in [0.05, 0.1) is 24.8 Å². The third-order valence-electron chi connectivity index (χ3n) is 3.28. The molecule has 1 aromatic carbocycles. The number of rotatable bonds is 5. The molecule has 0 fully saturated rings. The summed E-state index contributed by atoms with van der Waals surface area (Å²) in [5.41, 5.74) is 0.797. The van der Waals surface area contributed by atoms with Crippen LogP contribution >= 0.6 is 11.6 Å². The number of carbonyl (C=O) groups excluding carboxylic acids is 2. The van der Waals surface area contributed by atoms with Crippen LogP contribution in [0, 0.1) is 0 Å². The van der Waals surface area contributed by atoms with Gasteiger partial charge in [0.15, 0.2) is 11.5 Å². The van der Waals surface area contributed by atoms with E-state index in [2.05, 4.69) is 11.9 Å². The van der Waals surface area contributed by atoms with Gasteiger partial charge in [-0.15, -0.1) is 0 Å². The van der Waals surface area contributed by atoms with Crippen LogP contribution in [0.25, 0.3) is 0 Å². The van der Waals surface area contributed by atoms with Gasteiger partial charge in [-0.1, -0.05) is 18.2 Å². The zero-order valence-corrected chi connectivity index (χ0v) is 13.7. The molecule has 0 aliphatic carbocycles. The van der Waals surface area contributed by atoms with Crippen LogP contribution in [-0.4, -0.2) is 43.5 Å². The predicted octanol–water partition coefficient (Wildman–Crippen LogP) is 1.76. The van der Waals surface area contributed by atoms with Crippen LogP contribution in [0.3, 0.4) is 0 Å². The molecule has 2 amide bonds. The predicted molar refractivity (Wildman–Crippen MR) is 86.7 cm³/mol.